The van der Waals surface area contributed by atoms with Gasteiger partial charge in [-0.15, -0.1) is 0 Å². The fourth-order valence-corrected chi connectivity index (χ4v) is 4.84. The maximum atomic E-state index is 2.42. The van der Waals surface area contributed by atoms with Crippen molar-refractivity contribution in [1.29, 1.82) is 0 Å². The van der Waals surface area contributed by atoms with E-state index >= 15 is 0 Å². The molecule has 1 heteroatoms. The Morgan fingerprint density at radius 3 is 2.23 bits per heavy atom. The van der Waals surface area contributed by atoms with Crippen molar-refractivity contribution in [2.45, 2.75) is 49.3 Å². The molecule has 0 bridgehead atoms. The van der Waals surface area contributed by atoms with Gasteiger partial charge in [-0.1, -0.05) is 87.1 Å². The average molecular weight is 359 g/mol. The maximum absolute atomic E-state index is 2.42. The fourth-order valence-electron chi connectivity index (χ4n) is 3.79. The van der Waals surface area contributed by atoms with Crippen molar-refractivity contribution >= 4 is 11.8 Å². The summed E-state index contributed by atoms with van der Waals surface area (Å²) in [7, 11) is 0. The van der Waals surface area contributed by atoms with E-state index in [9.17, 15) is 0 Å². The van der Waals surface area contributed by atoms with E-state index in [4.69, 9.17) is 0 Å². The molecule has 1 atom stereocenters. The third kappa shape index (κ3) is 3.59. The number of hydrogen-bond acceptors (Lipinski definition) is 1. The molecule has 1 aliphatic heterocycles. The number of rotatable bonds is 4. The van der Waals surface area contributed by atoms with Crippen LogP contribution in [0.2, 0.25) is 0 Å². The Balaban J connectivity index is 1.57. The minimum Gasteiger partial charge on any atom is -0.0895 e. The molecular weight excluding hydrogens is 332 g/mol. The zero-order valence-corrected chi connectivity index (χ0v) is 16.6. The van der Waals surface area contributed by atoms with Crippen molar-refractivity contribution in [3.05, 3.63) is 94.5 Å². The van der Waals surface area contributed by atoms with Crippen LogP contribution in [0, 0.1) is 5.92 Å². The van der Waals surface area contributed by atoms with E-state index in [0.717, 1.165) is 12.8 Å². The summed E-state index contributed by atoms with van der Waals surface area (Å²) in [6, 6.07) is 25.1. The monoisotopic (exact) mass is 358 g/mol. The zero-order chi connectivity index (χ0) is 18.1. The Kier molecular flexibility index (Phi) is 4.91. The van der Waals surface area contributed by atoms with Crippen molar-refractivity contribution in [3.8, 4) is 0 Å². The first kappa shape index (κ1) is 17.4. The highest BCUT2D eigenvalue weighted by atomic mass is 32.2. The van der Waals surface area contributed by atoms with Gasteiger partial charge in [-0.05, 0) is 58.7 Å². The van der Waals surface area contributed by atoms with Crippen LogP contribution in [0.25, 0.3) is 0 Å². The quantitative estimate of drug-likeness (QED) is 0.375. The predicted molar refractivity (Wildman–Crippen MR) is 112 cm³/mol. The largest absolute Gasteiger partial charge is 0.0895 e. The van der Waals surface area contributed by atoms with E-state index < -0.39 is 0 Å². The third-order valence-electron chi connectivity index (χ3n) is 5.28. The molecule has 26 heavy (non-hydrogen) atoms. The molecule has 0 amide bonds. The summed E-state index contributed by atoms with van der Waals surface area (Å²) in [6.07, 6.45) is 2.20. The first-order chi connectivity index (χ1) is 12.6. The summed E-state index contributed by atoms with van der Waals surface area (Å²) in [5, 5.41) is 0. The minimum atomic E-state index is 0.426. The minimum absolute atomic E-state index is 0.426. The van der Waals surface area contributed by atoms with Gasteiger partial charge < -0.3 is 0 Å². The molecule has 0 spiro atoms. The van der Waals surface area contributed by atoms with Crippen LogP contribution in [0.3, 0.4) is 0 Å². The predicted octanol–water partition coefficient (Wildman–Crippen LogP) is 7.09. The van der Waals surface area contributed by atoms with Gasteiger partial charge in [0.1, 0.15) is 0 Å². The molecule has 0 radical (unpaired) electrons. The Labute approximate surface area is 161 Å². The Bertz CT molecular complexity index is 906. The molecule has 132 valence electrons. The molecule has 0 saturated carbocycles. The maximum Gasteiger partial charge on any atom is 0.0158 e. The second-order valence-electron chi connectivity index (χ2n) is 7.81. The van der Waals surface area contributed by atoms with Crippen molar-refractivity contribution in [3.63, 3.8) is 0 Å². The molecule has 0 fully saturated rings. The summed E-state index contributed by atoms with van der Waals surface area (Å²) in [5.74, 6) is 1.13. The molecule has 0 aliphatic carbocycles. The Hall–Kier alpha value is -1.99. The number of fused-ring (bicyclic) bond motifs is 2. The normalized spacial score (nSPS) is 14.0. The summed E-state index contributed by atoms with van der Waals surface area (Å²) < 4.78 is 0. The van der Waals surface area contributed by atoms with Crippen LogP contribution in [0.1, 0.15) is 54.5 Å². The van der Waals surface area contributed by atoms with Gasteiger partial charge in [0.05, 0.1) is 0 Å². The summed E-state index contributed by atoms with van der Waals surface area (Å²) in [6.45, 7) is 6.88. The van der Waals surface area contributed by atoms with Crippen LogP contribution in [-0.4, -0.2) is 0 Å². The van der Waals surface area contributed by atoms with Crippen molar-refractivity contribution in [2.24, 2.45) is 5.92 Å². The van der Waals surface area contributed by atoms with E-state index in [1.165, 1.54) is 37.6 Å². The van der Waals surface area contributed by atoms with Gasteiger partial charge in [-0.2, -0.15) is 0 Å². The molecule has 1 aliphatic rings. The lowest BCUT2D eigenvalue weighted by atomic mass is 9.90. The van der Waals surface area contributed by atoms with Gasteiger partial charge in [0.2, 0.25) is 0 Å². The second kappa shape index (κ2) is 7.32. The van der Waals surface area contributed by atoms with E-state index in [-0.39, 0.29) is 0 Å². The first-order valence-corrected chi connectivity index (χ1v) is 10.4. The van der Waals surface area contributed by atoms with Crippen molar-refractivity contribution < 1.29 is 0 Å². The second-order valence-corrected chi connectivity index (χ2v) is 8.90. The molecule has 1 heterocycles. The van der Waals surface area contributed by atoms with Gasteiger partial charge in [0, 0.05) is 15.7 Å². The highest BCUT2D eigenvalue weighted by Crippen LogP contribution is 2.40. The van der Waals surface area contributed by atoms with E-state index in [2.05, 4.69) is 87.5 Å². The average Bonchev–Trinajstić information content (AvgIpc) is 2.65. The standard InChI is InChI=1S/C25H26S/c1-17(2)14-19-8-10-20(11-9-19)18(3)21-12-13-25-23(15-21)16-22-6-4-5-7-24(22)26-25/h4-13,15,17-18H,14,16H2,1-3H3. The van der Waals surface area contributed by atoms with E-state index in [1.54, 1.807) is 0 Å². The molecule has 3 aromatic carbocycles. The lowest BCUT2D eigenvalue weighted by Gasteiger charge is -2.21. The van der Waals surface area contributed by atoms with Gasteiger partial charge in [-0.3, -0.25) is 0 Å². The molecule has 1 unspecified atom stereocenters. The third-order valence-corrected chi connectivity index (χ3v) is 6.52. The Morgan fingerprint density at radius 1 is 0.769 bits per heavy atom. The highest BCUT2D eigenvalue weighted by molar-refractivity contribution is 7.99. The van der Waals surface area contributed by atoms with Crippen molar-refractivity contribution in [2.75, 3.05) is 0 Å². The molecule has 0 N–H and O–H groups in total. The molecule has 4 rings (SSSR count). The van der Waals surface area contributed by atoms with E-state index in [1.807, 2.05) is 11.8 Å². The van der Waals surface area contributed by atoms with E-state index in [0.29, 0.717) is 11.8 Å². The van der Waals surface area contributed by atoms with Crippen LogP contribution in [0.4, 0.5) is 0 Å². The van der Waals surface area contributed by atoms with Crippen LogP contribution in [0.15, 0.2) is 76.5 Å². The van der Waals surface area contributed by atoms with Gasteiger partial charge in [0.15, 0.2) is 0 Å². The topological polar surface area (TPSA) is 0 Å². The van der Waals surface area contributed by atoms with Gasteiger partial charge >= 0.3 is 0 Å². The summed E-state index contributed by atoms with van der Waals surface area (Å²) >= 11 is 1.91. The SMILES string of the molecule is CC(C)Cc1ccc(C(C)c2ccc3c(c2)Cc2ccccc2S3)cc1. The van der Waals surface area contributed by atoms with Gasteiger partial charge in [0.25, 0.3) is 0 Å². The zero-order valence-electron chi connectivity index (χ0n) is 15.8. The van der Waals surface area contributed by atoms with Crippen LogP contribution in [-0.2, 0) is 12.8 Å². The fraction of sp³-hybridized carbons (Fsp3) is 0.280. The molecule has 3 aromatic rings. The van der Waals surface area contributed by atoms with Crippen LogP contribution in [0.5, 0.6) is 0 Å². The van der Waals surface area contributed by atoms with Crippen LogP contribution < -0.4 is 0 Å². The first-order valence-electron chi connectivity index (χ1n) is 9.57. The molecule has 0 aromatic heterocycles. The summed E-state index contributed by atoms with van der Waals surface area (Å²) in [4.78, 5) is 2.81. The summed E-state index contributed by atoms with van der Waals surface area (Å²) in [5.41, 5.74) is 7.18. The Morgan fingerprint density at radius 2 is 1.46 bits per heavy atom. The molecular formula is C25H26S. The molecule has 0 nitrogen and oxygen atoms in total. The smallest absolute Gasteiger partial charge is 0.0158 e. The number of benzene rings is 3. The van der Waals surface area contributed by atoms with Crippen LogP contribution >= 0.6 is 11.8 Å². The molecule has 0 saturated heterocycles. The van der Waals surface area contributed by atoms with Crippen molar-refractivity contribution in [1.82, 2.24) is 0 Å². The van der Waals surface area contributed by atoms with Gasteiger partial charge in [-0.25, -0.2) is 0 Å². The lowest BCUT2D eigenvalue weighted by Crippen LogP contribution is -2.03. The lowest BCUT2D eigenvalue weighted by molar-refractivity contribution is 0.647. The highest BCUT2D eigenvalue weighted by Gasteiger charge is 2.17. The number of hydrogen-bond donors (Lipinski definition) is 0.